The third-order valence-electron chi connectivity index (χ3n) is 3.70. The van der Waals surface area contributed by atoms with Gasteiger partial charge < -0.3 is 5.11 Å². The van der Waals surface area contributed by atoms with Gasteiger partial charge in [0.2, 0.25) is 0 Å². The summed E-state index contributed by atoms with van der Waals surface area (Å²) >= 11 is 0. The van der Waals surface area contributed by atoms with E-state index in [0.29, 0.717) is 4.31 Å². The van der Waals surface area contributed by atoms with Gasteiger partial charge >= 0.3 is 16.4 Å². The van der Waals surface area contributed by atoms with Crippen LogP contribution in [0.15, 0.2) is 36.4 Å². The van der Waals surface area contributed by atoms with Crippen molar-refractivity contribution in [2.24, 2.45) is 0 Å². The van der Waals surface area contributed by atoms with Crippen molar-refractivity contribution in [2.45, 2.75) is 6.18 Å². The Hall–Kier alpha value is -3.26. The number of nitrogens with zero attached hydrogens (tertiary/aromatic N) is 1. The fraction of sp³-hybridized carbons (Fsp3) is 0.118. The van der Waals surface area contributed by atoms with Crippen LogP contribution in [-0.2, 0) is 21.2 Å². The maximum atomic E-state index is 14.7. The average Bonchev–Trinajstić information content (AvgIpc) is 2.86. The van der Waals surface area contributed by atoms with E-state index in [1.807, 2.05) is 0 Å². The molecule has 1 amide bonds. The molecule has 0 aliphatic carbocycles. The zero-order chi connectivity index (χ0) is 20.7. The summed E-state index contributed by atoms with van der Waals surface area (Å²) in [5.41, 5.74) is -2.14. The van der Waals surface area contributed by atoms with Gasteiger partial charge in [-0.3, -0.25) is 4.79 Å². The molecule has 1 fully saturated rings. The number of anilines is 1. The van der Waals surface area contributed by atoms with Crippen LogP contribution in [0.3, 0.4) is 0 Å². The topological polar surface area (TPSA) is 86.7 Å². The van der Waals surface area contributed by atoms with Crippen LogP contribution in [-0.4, -0.2) is 26.0 Å². The molecule has 0 aromatic heterocycles. The van der Waals surface area contributed by atoms with Gasteiger partial charge in [-0.1, -0.05) is 17.9 Å². The van der Waals surface area contributed by atoms with Crippen LogP contribution in [0.1, 0.15) is 16.7 Å². The van der Waals surface area contributed by atoms with Gasteiger partial charge in [-0.05, 0) is 30.3 Å². The van der Waals surface area contributed by atoms with Crippen LogP contribution in [0, 0.1) is 17.7 Å². The summed E-state index contributed by atoms with van der Waals surface area (Å²) in [5.74, 6) is 1.76. The summed E-state index contributed by atoms with van der Waals surface area (Å²) in [7, 11) is -4.38. The molecule has 0 bridgehead atoms. The number of halogens is 4. The quantitative estimate of drug-likeness (QED) is 0.553. The first-order chi connectivity index (χ1) is 13.0. The summed E-state index contributed by atoms with van der Waals surface area (Å²) in [6.45, 7) is -0.739. The van der Waals surface area contributed by atoms with Crippen molar-refractivity contribution in [1.29, 1.82) is 0 Å². The minimum absolute atomic E-state index is 0.0468. The van der Waals surface area contributed by atoms with Crippen LogP contribution >= 0.6 is 0 Å². The summed E-state index contributed by atoms with van der Waals surface area (Å²) in [5, 5.41) is 9.85. The van der Waals surface area contributed by atoms with Crippen LogP contribution in [0.2, 0.25) is 0 Å². The largest absolute Gasteiger partial charge is 0.506 e. The average molecular weight is 414 g/mol. The highest BCUT2D eigenvalue weighted by Crippen LogP contribution is 2.35. The predicted molar refractivity (Wildman–Crippen MR) is 89.9 cm³/mol. The number of alkyl halides is 3. The molecule has 2 aromatic rings. The molecule has 0 spiro atoms. The molecule has 0 atom stereocenters. The minimum atomic E-state index is -4.57. The lowest BCUT2D eigenvalue weighted by atomic mass is 10.1. The number of aromatic hydroxyl groups is 1. The number of amides is 1. The van der Waals surface area contributed by atoms with Crippen LogP contribution in [0.25, 0.3) is 0 Å². The van der Waals surface area contributed by atoms with Crippen molar-refractivity contribution < 1.29 is 35.9 Å². The Balaban J connectivity index is 2.03. The predicted octanol–water partition coefficient (Wildman–Crippen LogP) is 2.13. The van der Waals surface area contributed by atoms with E-state index >= 15 is 0 Å². The lowest BCUT2D eigenvalue weighted by molar-refractivity contribution is -0.137. The van der Waals surface area contributed by atoms with Gasteiger partial charge in [-0.25, -0.2) is 13.4 Å². The molecule has 28 heavy (non-hydrogen) atoms. The molecule has 1 aliphatic heterocycles. The van der Waals surface area contributed by atoms with Crippen molar-refractivity contribution in [3.05, 3.63) is 58.9 Å². The van der Waals surface area contributed by atoms with E-state index in [-0.39, 0.29) is 11.1 Å². The molecular formula is C17H10F4N2O4S. The summed E-state index contributed by atoms with van der Waals surface area (Å²) in [4.78, 5) is 11.3. The fourth-order valence-electron chi connectivity index (χ4n) is 2.45. The molecule has 0 unspecified atom stereocenters. The van der Waals surface area contributed by atoms with Crippen molar-refractivity contribution in [1.82, 2.24) is 4.72 Å². The third-order valence-corrected chi connectivity index (χ3v) is 5.07. The lowest BCUT2D eigenvalue weighted by Gasteiger charge is -2.17. The first-order valence-corrected chi connectivity index (χ1v) is 8.97. The van der Waals surface area contributed by atoms with E-state index in [4.69, 9.17) is 0 Å². The second-order valence-corrected chi connectivity index (χ2v) is 7.26. The van der Waals surface area contributed by atoms with E-state index in [1.54, 1.807) is 4.72 Å². The van der Waals surface area contributed by atoms with Crippen LogP contribution in [0.5, 0.6) is 5.75 Å². The summed E-state index contributed by atoms with van der Waals surface area (Å²) < 4.78 is 78.7. The Morgan fingerprint density at radius 2 is 1.86 bits per heavy atom. The second-order valence-electron chi connectivity index (χ2n) is 5.66. The lowest BCUT2D eigenvalue weighted by Crippen LogP contribution is -2.30. The Morgan fingerprint density at radius 3 is 2.46 bits per heavy atom. The number of hydrogen-bond donors (Lipinski definition) is 2. The van der Waals surface area contributed by atoms with Gasteiger partial charge in [0.25, 0.3) is 5.91 Å². The van der Waals surface area contributed by atoms with Gasteiger partial charge in [0.15, 0.2) is 5.82 Å². The molecule has 6 nitrogen and oxygen atoms in total. The van der Waals surface area contributed by atoms with Gasteiger partial charge in [-0.15, -0.1) is 0 Å². The number of phenols is 1. The molecule has 146 valence electrons. The van der Waals surface area contributed by atoms with E-state index in [1.165, 1.54) is 6.07 Å². The Kier molecular flexibility index (Phi) is 4.68. The zero-order valence-electron chi connectivity index (χ0n) is 13.7. The molecule has 1 saturated heterocycles. The van der Waals surface area contributed by atoms with Crippen LogP contribution < -0.4 is 9.03 Å². The molecule has 11 heteroatoms. The number of benzene rings is 2. The third kappa shape index (κ3) is 3.72. The fourth-order valence-corrected chi connectivity index (χ4v) is 3.61. The molecular weight excluding hydrogens is 404 g/mol. The molecule has 1 heterocycles. The number of carbonyl (C=O) groups is 1. The van der Waals surface area contributed by atoms with E-state index < -0.39 is 51.7 Å². The monoisotopic (exact) mass is 414 g/mol. The molecule has 3 rings (SSSR count). The van der Waals surface area contributed by atoms with Gasteiger partial charge in [0.1, 0.15) is 18.0 Å². The Morgan fingerprint density at radius 1 is 1.14 bits per heavy atom. The smallest absolute Gasteiger partial charge is 0.416 e. The van der Waals surface area contributed by atoms with E-state index in [9.17, 15) is 35.9 Å². The van der Waals surface area contributed by atoms with Gasteiger partial charge in [0.05, 0.1) is 11.1 Å². The Labute approximate surface area is 156 Å². The van der Waals surface area contributed by atoms with Crippen molar-refractivity contribution in [2.75, 3.05) is 10.8 Å². The number of phenolic OH excluding ortho intramolecular Hbond substituents is 1. The van der Waals surface area contributed by atoms with Gasteiger partial charge in [-0.2, -0.15) is 21.6 Å². The van der Waals surface area contributed by atoms with Crippen molar-refractivity contribution >= 4 is 21.8 Å². The van der Waals surface area contributed by atoms with Crippen molar-refractivity contribution in [3.8, 4) is 17.6 Å². The molecule has 2 N–H and O–H groups in total. The van der Waals surface area contributed by atoms with E-state index in [2.05, 4.69) is 11.8 Å². The SMILES string of the molecule is O=C1CN(c2c(O)ccc(C#Cc3cccc(C(F)(F)F)c3)c2F)S(=O)(=O)N1. The highest BCUT2D eigenvalue weighted by Gasteiger charge is 2.37. The molecule has 1 aliphatic rings. The maximum Gasteiger partial charge on any atom is 0.416 e. The molecule has 0 saturated carbocycles. The summed E-state index contributed by atoms with van der Waals surface area (Å²) in [6, 6.07) is 6.06. The first kappa shape index (κ1) is 19.5. The standard InChI is InChI=1S/C17H10F4N2O4S/c18-15-11(5-4-10-2-1-3-12(8-10)17(19,20)21)6-7-13(24)16(15)23-9-14(25)22-28(23,26)27/h1-3,6-8,24H,9H2,(H,22,25). The number of hydrogen-bond acceptors (Lipinski definition) is 4. The number of carbonyl (C=O) groups excluding carboxylic acids is 1. The number of nitrogens with one attached hydrogen (secondary N) is 1. The van der Waals surface area contributed by atoms with Crippen LogP contribution in [0.4, 0.5) is 23.2 Å². The molecule has 0 radical (unpaired) electrons. The first-order valence-electron chi connectivity index (χ1n) is 7.53. The highest BCUT2D eigenvalue weighted by atomic mass is 32.2. The van der Waals surface area contributed by atoms with Gasteiger partial charge in [0, 0.05) is 5.56 Å². The minimum Gasteiger partial charge on any atom is -0.506 e. The zero-order valence-corrected chi connectivity index (χ0v) is 14.5. The number of rotatable bonds is 1. The summed E-state index contributed by atoms with van der Waals surface area (Å²) in [6.07, 6.45) is -4.57. The normalized spacial score (nSPS) is 15.7. The second kappa shape index (κ2) is 6.72. The molecule has 2 aromatic carbocycles. The maximum absolute atomic E-state index is 14.7. The van der Waals surface area contributed by atoms with E-state index in [0.717, 1.165) is 30.3 Å². The van der Waals surface area contributed by atoms with Crippen molar-refractivity contribution in [3.63, 3.8) is 0 Å². The highest BCUT2D eigenvalue weighted by molar-refractivity contribution is 7.92. The Bertz CT molecular complexity index is 1130.